The van der Waals surface area contributed by atoms with Gasteiger partial charge < -0.3 is 15.4 Å². The number of aromatic nitrogens is 2. The van der Waals surface area contributed by atoms with Crippen LogP contribution in [0.2, 0.25) is 5.02 Å². The van der Waals surface area contributed by atoms with E-state index < -0.39 is 11.7 Å². The Kier molecular flexibility index (Phi) is 7.21. The summed E-state index contributed by atoms with van der Waals surface area (Å²) in [6.45, 7) is 0. The Labute approximate surface area is 181 Å². The van der Waals surface area contributed by atoms with Crippen molar-refractivity contribution in [2.45, 2.75) is 5.03 Å². The van der Waals surface area contributed by atoms with Crippen molar-refractivity contribution >= 4 is 46.7 Å². The number of carbonyl (C=O) groups is 2. The maximum atomic E-state index is 13.2. The van der Waals surface area contributed by atoms with Crippen LogP contribution in [0.1, 0.15) is 10.4 Å². The highest BCUT2D eigenvalue weighted by atomic mass is 35.5. The molecule has 2 aromatic carbocycles. The van der Waals surface area contributed by atoms with Crippen LogP contribution in [-0.4, -0.2) is 34.9 Å². The number of carbonyl (C=O) groups excluding carboxylic acids is 2. The minimum Gasteiger partial charge on any atom is -0.495 e. The Morgan fingerprint density at radius 1 is 1.10 bits per heavy atom. The molecular formula is C20H16ClFN4O3S. The average Bonchev–Trinajstić information content (AvgIpc) is 2.73. The quantitative estimate of drug-likeness (QED) is 0.527. The SMILES string of the molecule is COc1ccc(Cl)cc1NC(=O)CSc1ccc(NC(=O)c2cccc(F)c2)nn1. The second-order valence-corrected chi connectivity index (χ2v) is 7.33. The topological polar surface area (TPSA) is 93.2 Å². The smallest absolute Gasteiger partial charge is 0.256 e. The molecule has 2 N–H and O–H groups in total. The maximum absolute atomic E-state index is 13.2. The molecule has 0 fully saturated rings. The molecule has 0 radical (unpaired) electrons. The van der Waals surface area contributed by atoms with Crippen LogP contribution >= 0.6 is 23.4 Å². The van der Waals surface area contributed by atoms with Crippen LogP contribution in [0.15, 0.2) is 59.6 Å². The van der Waals surface area contributed by atoms with Gasteiger partial charge in [-0.15, -0.1) is 10.2 Å². The first-order valence-electron chi connectivity index (χ1n) is 8.61. The Balaban J connectivity index is 1.54. The zero-order valence-corrected chi connectivity index (χ0v) is 17.3. The molecule has 3 rings (SSSR count). The molecule has 0 aliphatic heterocycles. The summed E-state index contributed by atoms with van der Waals surface area (Å²) >= 11 is 7.12. The summed E-state index contributed by atoms with van der Waals surface area (Å²) in [6, 6.07) is 13.4. The number of hydrogen-bond acceptors (Lipinski definition) is 6. The fourth-order valence-corrected chi connectivity index (χ4v) is 3.17. The fourth-order valence-electron chi connectivity index (χ4n) is 2.39. The Hall–Kier alpha value is -3.17. The third kappa shape index (κ3) is 5.91. The summed E-state index contributed by atoms with van der Waals surface area (Å²) in [5.41, 5.74) is 0.639. The van der Waals surface area contributed by atoms with Gasteiger partial charge in [0, 0.05) is 10.6 Å². The lowest BCUT2D eigenvalue weighted by Crippen LogP contribution is -2.15. The number of halogens is 2. The fraction of sp³-hybridized carbons (Fsp3) is 0.100. The standard InChI is InChI=1S/C20H16ClFN4O3S/c1-29-16-6-5-13(21)10-15(16)23-18(27)11-30-19-8-7-17(25-26-19)24-20(28)12-3-2-4-14(22)9-12/h2-10H,11H2,1H3,(H,23,27)(H,24,25,28). The predicted octanol–water partition coefficient (Wildman–Crippen LogP) is 4.26. The molecule has 0 aliphatic rings. The number of hydrogen-bond donors (Lipinski definition) is 2. The number of methoxy groups -OCH3 is 1. The number of rotatable bonds is 7. The van der Waals surface area contributed by atoms with Gasteiger partial charge in [0.2, 0.25) is 5.91 Å². The van der Waals surface area contributed by atoms with E-state index >= 15 is 0 Å². The molecule has 10 heteroatoms. The molecule has 1 aromatic heterocycles. The number of thioether (sulfide) groups is 1. The van der Waals surface area contributed by atoms with Gasteiger partial charge in [0.1, 0.15) is 16.6 Å². The van der Waals surface area contributed by atoms with Crippen molar-refractivity contribution in [1.82, 2.24) is 10.2 Å². The molecule has 0 unspecified atom stereocenters. The normalized spacial score (nSPS) is 10.4. The molecule has 2 amide bonds. The highest BCUT2D eigenvalue weighted by Gasteiger charge is 2.11. The van der Waals surface area contributed by atoms with E-state index in [4.69, 9.17) is 16.3 Å². The first kappa shape index (κ1) is 21.5. The summed E-state index contributed by atoms with van der Waals surface area (Å²) in [6.07, 6.45) is 0. The van der Waals surface area contributed by atoms with E-state index in [1.54, 1.807) is 30.3 Å². The lowest BCUT2D eigenvalue weighted by atomic mass is 10.2. The van der Waals surface area contributed by atoms with Crippen molar-refractivity contribution in [3.63, 3.8) is 0 Å². The van der Waals surface area contributed by atoms with Gasteiger partial charge in [-0.3, -0.25) is 9.59 Å². The van der Waals surface area contributed by atoms with Crippen molar-refractivity contribution in [2.75, 3.05) is 23.5 Å². The summed E-state index contributed by atoms with van der Waals surface area (Å²) in [5, 5.41) is 14.1. The van der Waals surface area contributed by atoms with Crippen LogP contribution in [0.25, 0.3) is 0 Å². The molecular weight excluding hydrogens is 431 g/mol. The van der Waals surface area contributed by atoms with Gasteiger partial charge in [-0.25, -0.2) is 4.39 Å². The van der Waals surface area contributed by atoms with Crippen LogP contribution in [0, 0.1) is 5.82 Å². The number of nitrogens with zero attached hydrogens (tertiary/aromatic N) is 2. The Morgan fingerprint density at radius 3 is 2.63 bits per heavy atom. The van der Waals surface area contributed by atoms with Gasteiger partial charge in [-0.2, -0.15) is 0 Å². The minimum absolute atomic E-state index is 0.0827. The number of amides is 2. The van der Waals surface area contributed by atoms with Gasteiger partial charge in [0.05, 0.1) is 18.6 Å². The average molecular weight is 447 g/mol. The first-order chi connectivity index (χ1) is 14.4. The van der Waals surface area contributed by atoms with Crippen molar-refractivity contribution < 1.29 is 18.7 Å². The number of nitrogens with one attached hydrogen (secondary N) is 2. The number of benzene rings is 2. The van der Waals surface area contributed by atoms with E-state index in [-0.39, 0.29) is 23.0 Å². The minimum atomic E-state index is -0.505. The molecule has 0 spiro atoms. The van der Waals surface area contributed by atoms with Crippen molar-refractivity contribution in [1.29, 1.82) is 0 Å². The van der Waals surface area contributed by atoms with E-state index in [2.05, 4.69) is 20.8 Å². The van der Waals surface area contributed by atoms with Crippen molar-refractivity contribution in [2.24, 2.45) is 0 Å². The van der Waals surface area contributed by atoms with E-state index in [1.807, 2.05) is 0 Å². The molecule has 3 aromatic rings. The monoisotopic (exact) mass is 446 g/mol. The van der Waals surface area contributed by atoms with Gasteiger partial charge in [-0.05, 0) is 48.5 Å². The molecule has 30 heavy (non-hydrogen) atoms. The van der Waals surface area contributed by atoms with E-state index in [1.165, 1.54) is 37.1 Å². The molecule has 0 aliphatic carbocycles. The molecule has 154 valence electrons. The second kappa shape index (κ2) is 10.0. The zero-order chi connectivity index (χ0) is 21.5. The second-order valence-electron chi connectivity index (χ2n) is 5.90. The van der Waals surface area contributed by atoms with Crippen LogP contribution in [0.4, 0.5) is 15.9 Å². The van der Waals surface area contributed by atoms with E-state index in [9.17, 15) is 14.0 Å². The highest BCUT2D eigenvalue weighted by molar-refractivity contribution is 7.99. The molecule has 0 saturated heterocycles. The van der Waals surface area contributed by atoms with Crippen LogP contribution in [0.3, 0.4) is 0 Å². The summed E-state index contributed by atoms with van der Waals surface area (Å²) in [5.74, 6) is -0.490. The number of anilines is 2. The highest BCUT2D eigenvalue weighted by Crippen LogP contribution is 2.28. The molecule has 0 saturated carbocycles. The summed E-state index contributed by atoms with van der Waals surface area (Å²) in [7, 11) is 1.50. The molecule has 0 atom stereocenters. The molecule has 0 bridgehead atoms. The molecule has 1 heterocycles. The van der Waals surface area contributed by atoms with E-state index in [0.29, 0.717) is 21.5 Å². The lowest BCUT2D eigenvalue weighted by molar-refractivity contribution is -0.113. The third-order valence-corrected chi connectivity index (χ3v) is 4.91. The third-order valence-electron chi connectivity index (χ3n) is 3.76. The van der Waals surface area contributed by atoms with Crippen molar-refractivity contribution in [3.05, 3.63) is 71.0 Å². The lowest BCUT2D eigenvalue weighted by Gasteiger charge is -2.10. The Morgan fingerprint density at radius 2 is 1.93 bits per heavy atom. The van der Waals surface area contributed by atoms with Crippen LogP contribution in [-0.2, 0) is 4.79 Å². The largest absolute Gasteiger partial charge is 0.495 e. The van der Waals surface area contributed by atoms with Gasteiger partial charge >= 0.3 is 0 Å². The predicted molar refractivity (Wildman–Crippen MR) is 114 cm³/mol. The van der Waals surface area contributed by atoms with E-state index in [0.717, 1.165) is 6.07 Å². The van der Waals surface area contributed by atoms with Crippen LogP contribution < -0.4 is 15.4 Å². The van der Waals surface area contributed by atoms with Gasteiger partial charge in [0.25, 0.3) is 5.91 Å². The first-order valence-corrected chi connectivity index (χ1v) is 9.98. The van der Waals surface area contributed by atoms with Gasteiger partial charge in [0.15, 0.2) is 5.82 Å². The molecule has 7 nitrogen and oxygen atoms in total. The maximum Gasteiger partial charge on any atom is 0.256 e. The van der Waals surface area contributed by atoms with Crippen LogP contribution in [0.5, 0.6) is 5.75 Å². The zero-order valence-electron chi connectivity index (χ0n) is 15.7. The van der Waals surface area contributed by atoms with Crippen molar-refractivity contribution in [3.8, 4) is 5.75 Å². The summed E-state index contributed by atoms with van der Waals surface area (Å²) < 4.78 is 18.4. The Bertz CT molecular complexity index is 1070. The summed E-state index contributed by atoms with van der Waals surface area (Å²) in [4.78, 5) is 24.3. The van der Waals surface area contributed by atoms with Gasteiger partial charge in [-0.1, -0.05) is 29.4 Å². The number of ether oxygens (including phenoxy) is 1.